The lowest BCUT2D eigenvalue weighted by atomic mass is 10.3. The van der Waals surface area contributed by atoms with Gasteiger partial charge in [-0.05, 0) is 0 Å². The van der Waals surface area contributed by atoms with Crippen molar-refractivity contribution < 1.29 is 5.11 Å². The monoisotopic (exact) mass is 143 g/mol. The molecule has 0 aromatic rings. The Hall–Kier alpha value is -1.28. The van der Waals surface area contributed by atoms with E-state index in [1.807, 2.05) is 0 Å². The van der Waals surface area contributed by atoms with Crippen LogP contribution in [-0.2, 0) is 0 Å². The van der Waals surface area contributed by atoms with Crippen LogP contribution in [0.3, 0.4) is 0 Å². The van der Waals surface area contributed by atoms with E-state index in [0.717, 1.165) is 0 Å². The number of rotatable bonds is 1. The maximum Gasteiger partial charge on any atom is 0.203 e. The molecular formula is C4H5N3OS. The summed E-state index contributed by atoms with van der Waals surface area (Å²) < 4.78 is 0. The van der Waals surface area contributed by atoms with E-state index in [9.17, 15) is 0 Å². The molecule has 4 nitrogen and oxygen atoms in total. The third-order valence-corrected chi connectivity index (χ3v) is 0.818. The van der Waals surface area contributed by atoms with Crippen molar-refractivity contribution in [1.29, 1.82) is 5.26 Å². The molecule has 0 atom stereocenters. The topological polar surface area (TPSA) is 96.1 Å². The van der Waals surface area contributed by atoms with Crippen molar-refractivity contribution in [2.75, 3.05) is 0 Å². The first-order chi connectivity index (χ1) is 4.09. The smallest absolute Gasteiger partial charge is 0.203 e. The molecule has 0 heterocycles. The molecule has 0 aliphatic heterocycles. The first-order valence-corrected chi connectivity index (χ1v) is 2.39. The second-order valence-electron chi connectivity index (χ2n) is 1.24. The van der Waals surface area contributed by atoms with Gasteiger partial charge in [0.1, 0.15) is 16.6 Å². The summed E-state index contributed by atoms with van der Waals surface area (Å²) in [5.74, 6) is -0.634. The van der Waals surface area contributed by atoms with Crippen LogP contribution in [0.4, 0.5) is 0 Å². The number of aliphatic hydroxyl groups excluding tert-OH is 1. The van der Waals surface area contributed by atoms with Crippen LogP contribution >= 0.6 is 12.2 Å². The molecular weight excluding hydrogens is 138 g/mol. The summed E-state index contributed by atoms with van der Waals surface area (Å²) in [6.07, 6.45) is 0. The molecule has 9 heavy (non-hydrogen) atoms. The van der Waals surface area contributed by atoms with E-state index in [1.165, 1.54) is 6.07 Å². The molecule has 0 radical (unpaired) electrons. The predicted molar refractivity (Wildman–Crippen MR) is 36.2 cm³/mol. The average Bonchev–Trinajstić information content (AvgIpc) is 1.64. The Morgan fingerprint density at radius 2 is 2.00 bits per heavy atom. The molecule has 0 spiro atoms. The molecule has 0 saturated heterocycles. The fraction of sp³-hybridized carbons (Fsp3) is 0. The molecule has 0 aliphatic carbocycles. The fourth-order valence-corrected chi connectivity index (χ4v) is 0.389. The molecule has 5 heteroatoms. The van der Waals surface area contributed by atoms with Crippen molar-refractivity contribution in [2.24, 2.45) is 11.5 Å². The van der Waals surface area contributed by atoms with Crippen LogP contribution in [0.25, 0.3) is 0 Å². The molecule has 0 bridgehead atoms. The lowest BCUT2D eigenvalue weighted by molar-refractivity contribution is 0.404. The summed E-state index contributed by atoms with van der Waals surface area (Å²) in [5.41, 5.74) is 9.51. The van der Waals surface area contributed by atoms with Gasteiger partial charge in [0.15, 0.2) is 0 Å². The molecule has 48 valence electrons. The van der Waals surface area contributed by atoms with Gasteiger partial charge in [0.25, 0.3) is 0 Å². The second-order valence-corrected chi connectivity index (χ2v) is 1.68. The third-order valence-electron chi connectivity index (χ3n) is 0.614. The molecule has 0 aromatic carbocycles. The number of thiocarbonyl (C=S) groups is 1. The minimum atomic E-state index is -0.634. The number of nitriles is 1. The van der Waals surface area contributed by atoms with Crippen LogP contribution < -0.4 is 11.5 Å². The summed E-state index contributed by atoms with van der Waals surface area (Å²) >= 11 is 4.35. The van der Waals surface area contributed by atoms with Crippen molar-refractivity contribution in [1.82, 2.24) is 0 Å². The van der Waals surface area contributed by atoms with Gasteiger partial charge in [-0.2, -0.15) is 5.26 Å². The summed E-state index contributed by atoms with van der Waals surface area (Å²) in [6.45, 7) is 0. The highest BCUT2D eigenvalue weighted by Gasteiger charge is 2.02. The van der Waals surface area contributed by atoms with Crippen LogP contribution in [0.1, 0.15) is 0 Å². The number of nitrogens with two attached hydrogens (primary N) is 2. The highest BCUT2D eigenvalue weighted by molar-refractivity contribution is 7.80. The predicted octanol–water partition coefficient (Wildman–Crippen LogP) is -0.476. The Balaban J connectivity index is 4.62. The molecule has 0 fully saturated rings. The average molecular weight is 143 g/mol. The summed E-state index contributed by atoms with van der Waals surface area (Å²) in [6, 6.07) is 1.54. The van der Waals surface area contributed by atoms with Crippen LogP contribution in [-0.4, -0.2) is 10.1 Å². The molecule has 0 amide bonds. The van der Waals surface area contributed by atoms with Crippen molar-refractivity contribution in [3.63, 3.8) is 0 Å². The SMILES string of the molecule is N#C/C(C(N)=S)=C(/N)O. The van der Waals surface area contributed by atoms with Crippen LogP contribution in [0.15, 0.2) is 11.5 Å². The van der Waals surface area contributed by atoms with Crippen LogP contribution in [0, 0.1) is 11.3 Å². The molecule has 0 saturated carbocycles. The zero-order valence-corrected chi connectivity index (χ0v) is 5.27. The Bertz CT molecular complexity index is 198. The van der Waals surface area contributed by atoms with E-state index >= 15 is 0 Å². The van der Waals surface area contributed by atoms with Crippen molar-refractivity contribution in [3.05, 3.63) is 11.5 Å². The highest BCUT2D eigenvalue weighted by Crippen LogP contribution is 1.93. The van der Waals surface area contributed by atoms with E-state index in [-0.39, 0.29) is 10.6 Å². The van der Waals surface area contributed by atoms with E-state index in [1.54, 1.807) is 0 Å². The van der Waals surface area contributed by atoms with Gasteiger partial charge in [-0.25, -0.2) is 0 Å². The summed E-state index contributed by atoms with van der Waals surface area (Å²) in [5, 5.41) is 16.6. The lowest BCUT2D eigenvalue weighted by Crippen LogP contribution is -2.15. The largest absolute Gasteiger partial charge is 0.494 e. The molecule has 0 aromatic heterocycles. The normalized spacial score (nSPS) is 11.4. The van der Waals surface area contributed by atoms with Crippen molar-refractivity contribution in [3.8, 4) is 6.07 Å². The quantitative estimate of drug-likeness (QED) is 0.199. The van der Waals surface area contributed by atoms with Crippen LogP contribution in [0.5, 0.6) is 0 Å². The molecule has 0 aliphatic rings. The zero-order valence-electron chi connectivity index (χ0n) is 4.46. The molecule has 0 unspecified atom stereocenters. The standard InChI is InChI=1S/C4H5N3OS/c5-1-2(3(6)8)4(7)9/h8H,6H2,(H2,7,9)/b3-2+. The minimum Gasteiger partial charge on any atom is -0.494 e. The Morgan fingerprint density at radius 1 is 1.56 bits per heavy atom. The number of hydrogen-bond donors (Lipinski definition) is 3. The van der Waals surface area contributed by atoms with Crippen molar-refractivity contribution in [2.45, 2.75) is 0 Å². The van der Waals surface area contributed by atoms with E-state index < -0.39 is 5.88 Å². The summed E-state index contributed by atoms with van der Waals surface area (Å²) in [7, 11) is 0. The number of aliphatic hydroxyl groups is 1. The number of hydrogen-bond acceptors (Lipinski definition) is 4. The molecule has 5 N–H and O–H groups in total. The third kappa shape index (κ3) is 1.97. The lowest BCUT2D eigenvalue weighted by Gasteiger charge is -1.92. The van der Waals surface area contributed by atoms with Gasteiger partial charge in [0.05, 0.1) is 0 Å². The van der Waals surface area contributed by atoms with E-state index in [0.29, 0.717) is 0 Å². The maximum atomic E-state index is 8.45. The minimum absolute atomic E-state index is 0.197. The fourth-order valence-electron chi connectivity index (χ4n) is 0.239. The van der Waals surface area contributed by atoms with Gasteiger partial charge in [-0.1, -0.05) is 12.2 Å². The van der Waals surface area contributed by atoms with Gasteiger partial charge < -0.3 is 16.6 Å². The Kier molecular flexibility index (Phi) is 2.48. The second kappa shape index (κ2) is 2.89. The Morgan fingerprint density at radius 3 is 2.00 bits per heavy atom. The van der Waals surface area contributed by atoms with Crippen LogP contribution in [0.2, 0.25) is 0 Å². The van der Waals surface area contributed by atoms with Gasteiger partial charge in [0.2, 0.25) is 5.88 Å². The van der Waals surface area contributed by atoms with E-state index in [2.05, 4.69) is 12.2 Å². The zero-order chi connectivity index (χ0) is 7.44. The molecule has 0 rings (SSSR count). The van der Waals surface area contributed by atoms with Gasteiger partial charge in [-0.15, -0.1) is 0 Å². The van der Waals surface area contributed by atoms with E-state index in [4.69, 9.17) is 21.8 Å². The maximum absolute atomic E-state index is 8.45. The summed E-state index contributed by atoms with van der Waals surface area (Å²) in [4.78, 5) is -0.197. The van der Waals surface area contributed by atoms with Gasteiger partial charge in [0, 0.05) is 0 Å². The van der Waals surface area contributed by atoms with Gasteiger partial charge >= 0.3 is 0 Å². The van der Waals surface area contributed by atoms with Gasteiger partial charge in [-0.3, -0.25) is 0 Å². The number of nitrogens with zero attached hydrogens (tertiary/aromatic N) is 1. The highest BCUT2D eigenvalue weighted by atomic mass is 32.1. The van der Waals surface area contributed by atoms with Crippen molar-refractivity contribution >= 4 is 17.2 Å². The first kappa shape index (κ1) is 7.72. The first-order valence-electron chi connectivity index (χ1n) is 1.98. The Labute approximate surface area is 57.4 Å².